The summed E-state index contributed by atoms with van der Waals surface area (Å²) in [6.07, 6.45) is 1.11. The summed E-state index contributed by atoms with van der Waals surface area (Å²) in [6, 6.07) is 7.83. The van der Waals surface area contributed by atoms with Gasteiger partial charge < -0.3 is 10.6 Å². The fourth-order valence-electron chi connectivity index (χ4n) is 2.00. The van der Waals surface area contributed by atoms with Crippen LogP contribution in [0.1, 0.15) is 50.0 Å². The van der Waals surface area contributed by atoms with Crippen molar-refractivity contribution in [2.45, 2.75) is 39.5 Å². The van der Waals surface area contributed by atoms with Crippen LogP contribution in [0.2, 0.25) is 0 Å². The van der Waals surface area contributed by atoms with Crippen molar-refractivity contribution >= 4 is 5.91 Å². The topological polar surface area (TPSA) is 41.1 Å². The maximum atomic E-state index is 12.2. The molecule has 0 unspecified atom stereocenters. The molecule has 0 atom stereocenters. The average molecular weight is 262 g/mol. The molecule has 1 aromatic rings. The molecule has 0 fully saturated rings. The van der Waals surface area contributed by atoms with E-state index < -0.39 is 0 Å². The maximum Gasteiger partial charge on any atom is 0.251 e. The summed E-state index contributed by atoms with van der Waals surface area (Å²) in [7, 11) is 0. The predicted molar refractivity (Wildman–Crippen MR) is 80.6 cm³/mol. The molecule has 106 valence electrons. The second-order valence-electron chi connectivity index (χ2n) is 5.80. The lowest BCUT2D eigenvalue weighted by Gasteiger charge is -2.22. The Kier molecular flexibility index (Phi) is 6.03. The van der Waals surface area contributed by atoms with Gasteiger partial charge in [0.05, 0.1) is 0 Å². The minimum Gasteiger partial charge on any atom is -0.351 e. The standard InChI is InChI=1S/C16H26N2O/c1-5-10-17-11-12-18-15(19)13-8-6-7-9-14(13)16(2,3)4/h6-9,17H,5,10-12H2,1-4H3,(H,18,19). The molecular formula is C16H26N2O. The predicted octanol–water partition coefficient (Wildman–Crippen LogP) is 2.71. The third kappa shape index (κ3) is 5.03. The zero-order chi connectivity index (χ0) is 14.3. The number of hydrogen-bond acceptors (Lipinski definition) is 2. The lowest BCUT2D eigenvalue weighted by Crippen LogP contribution is -2.33. The minimum absolute atomic E-state index is 0.0174. The van der Waals surface area contributed by atoms with Crippen LogP contribution in [0, 0.1) is 0 Å². The van der Waals surface area contributed by atoms with Gasteiger partial charge in [0.2, 0.25) is 0 Å². The molecule has 1 amide bonds. The van der Waals surface area contributed by atoms with E-state index >= 15 is 0 Å². The first-order valence-corrected chi connectivity index (χ1v) is 7.05. The van der Waals surface area contributed by atoms with Crippen molar-refractivity contribution in [3.05, 3.63) is 35.4 Å². The molecule has 0 aliphatic carbocycles. The number of hydrogen-bond donors (Lipinski definition) is 2. The molecular weight excluding hydrogens is 236 g/mol. The summed E-state index contributed by atoms with van der Waals surface area (Å²) in [6.45, 7) is 11.0. The lowest BCUT2D eigenvalue weighted by atomic mass is 9.83. The van der Waals surface area contributed by atoms with Crippen LogP contribution in [0.3, 0.4) is 0 Å². The molecule has 3 heteroatoms. The Hall–Kier alpha value is -1.35. The fraction of sp³-hybridized carbons (Fsp3) is 0.562. The van der Waals surface area contributed by atoms with Crippen molar-refractivity contribution in [1.29, 1.82) is 0 Å². The summed E-state index contributed by atoms with van der Waals surface area (Å²) in [5.74, 6) is 0.0174. The average Bonchev–Trinajstić information content (AvgIpc) is 2.37. The van der Waals surface area contributed by atoms with Crippen LogP contribution in [0.4, 0.5) is 0 Å². The summed E-state index contributed by atoms with van der Waals surface area (Å²) in [4.78, 5) is 12.2. The van der Waals surface area contributed by atoms with Crippen molar-refractivity contribution in [1.82, 2.24) is 10.6 Å². The highest BCUT2D eigenvalue weighted by molar-refractivity contribution is 5.96. The molecule has 0 saturated carbocycles. The highest BCUT2D eigenvalue weighted by Gasteiger charge is 2.20. The number of amides is 1. The van der Waals surface area contributed by atoms with Gasteiger partial charge in [-0.05, 0) is 30.0 Å². The zero-order valence-corrected chi connectivity index (χ0v) is 12.5. The first-order chi connectivity index (χ1) is 8.96. The van der Waals surface area contributed by atoms with E-state index in [0.717, 1.165) is 30.6 Å². The van der Waals surface area contributed by atoms with Gasteiger partial charge in [0.25, 0.3) is 5.91 Å². The Morgan fingerprint density at radius 2 is 1.79 bits per heavy atom. The molecule has 0 bridgehead atoms. The fourth-order valence-corrected chi connectivity index (χ4v) is 2.00. The van der Waals surface area contributed by atoms with Crippen LogP contribution in [0.15, 0.2) is 24.3 Å². The molecule has 0 aliphatic rings. The van der Waals surface area contributed by atoms with Gasteiger partial charge in [-0.2, -0.15) is 0 Å². The lowest BCUT2D eigenvalue weighted by molar-refractivity contribution is 0.0951. The van der Waals surface area contributed by atoms with Crippen LogP contribution in [-0.2, 0) is 5.41 Å². The first kappa shape index (κ1) is 15.7. The zero-order valence-electron chi connectivity index (χ0n) is 12.5. The van der Waals surface area contributed by atoms with Gasteiger partial charge in [-0.1, -0.05) is 45.9 Å². The van der Waals surface area contributed by atoms with Crippen molar-refractivity contribution in [2.24, 2.45) is 0 Å². The van der Waals surface area contributed by atoms with Gasteiger partial charge >= 0.3 is 0 Å². The highest BCUT2D eigenvalue weighted by Crippen LogP contribution is 2.25. The van der Waals surface area contributed by atoms with E-state index in [0.29, 0.717) is 6.54 Å². The molecule has 19 heavy (non-hydrogen) atoms. The summed E-state index contributed by atoms with van der Waals surface area (Å²) < 4.78 is 0. The van der Waals surface area contributed by atoms with E-state index in [9.17, 15) is 4.79 Å². The van der Waals surface area contributed by atoms with Crippen LogP contribution < -0.4 is 10.6 Å². The van der Waals surface area contributed by atoms with E-state index in [4.69, 9.17) is 0 Å². The number of benzene rings is 1. The Morgan fingerprint density at radius 3 is 2.42 bits per heavy atom. The van der Waals surface area contributed by atoms with Gasteiger partial charge in [0, 0.05) is 18.7 Å². The van der Waals surface area contributed by atoms with Crippen LogP contribution >= 0.6 is 0 Å². The normalized spacial score (nSPS) is 11.4. The molecule has 2 N–H and O–H groups in total. The molecule has 0 saturated heterocycles. The van der Waals surface area contributed by atoms with Gasteiger partial charge in [-0.3, -0.25) is 4.79 Å². The summed E-state index contributed by atoms with van der Waals surface area (Å²) >= 11 is 0. The molecule has 0 aliphatic heterocycles. The van der Waals surface area contributed by atoms with Gasteiger partial charge in [-0.25, -0.2) is 0 Å². The monoisotopic (exact) mass is 262 g/mol. The van der Waals surface area contributed by atoms with Crippen LogP contribution in [-0.4, -0.2) is 25.5 Å². The molecule has 0 heterocycles. The van der Waals surface area contributed by atoms with Crippen molar-refractivity contribution in [2.75, 3.05) is 19.6 Å². The highest BCUT2D eigenvalue weighted by atomic mass is 16.1. The third-order valence-corrected chi connectivity index (χ3v) is 2.99. The minimum atomic E-state index is -0.0195. The quantitative estimate of drug-likeness (QED) is 0.774. The SMILES string of the molecule is CCCNCCNC(=O)c1ccccc1C(C)(C)C. The number of carbonyl (C=O) groups excluding carboxylic acids is 1. The van der Waals surface area contributed by atoms with E-state index in [1.54, 1.807) is 0 Å². The molecule has 1 aromatic carbocycles. The summed E-state index contributed by atoms with van der Waals surface area (Å²) in [5, 5.41) is 6.24. The van der Waals surface area contributed by atoms with Crippen LogP contribution in [0.25, 0.3) is 0 Å². The maximum absolute atomic E-state index is 12.2. The smallest absolute Gasteiger partial charge is 0.251 e. The molecule has 0 spiro atoms. The Labute approximate surface area is 116 Å². The van der Waals surface area contributed by atoms with Crippen molar-refractivity contribution < 1.29 is 4.79 Å². The Bertz CT molecular complexity index is 407. The number of nitrogens with one attached hydrogen (secondary N) is 2. The van der Waals surface area contributed by atoms with Gasteiger partial charge in [0.1, 0.15) is 0 Å². The molecule has 0 aromatic heterocycles. The number of carbonyl (C=O) groups is 1. The van der Waals surface area contributed by atoms with E-state index in [1.807, 2.05) is 24.3 Å². The van der Waals surface area contributed by atoms with E-state index in [1.165, 1.54) is 0 Å². The third-order valence-electron chi connectivity index (χ3n) is 2.99. The van der Waals surface area contributed by atoms with E-state index in [2.05, 4.69) is 38.3 Å². The molecule has 0 radical (unpaired) electrons. The second kappa shape index (κ2) is 7.29. The summed E-state index contributed by atoms with van der Waals surface area (Å²) in [5.41, 5.74) is 1.86. The van der Waals surface area contributed by atoms with Crippen LogP contribution in [0.5, 0.6) is 0 Å². The molecule has 3 nitrogen and oxygen atoms in total. The Morgan fingerprint density at radius 1 is 1.11 bits per heavy atom. The van der Waals surface area contributed by atoms with Gasteiger partial charge in [0.15, 0.2) is 0 Å². The second-order valence-corrected chi connectivity index (χ2v) is 5.80. The first-order valence-electron chi connectivity index (χ1n) is 7.05. The largest absolute Gasteiger partial charge is 0.351 e. The van der Waals surface area contributed by atoms with Gasteiger partial charge in [-0.15, -0.1) is 0 Å². The Balaban J connectivity index is 2.62. The van der Waals surface area contributed by atoms with Crippen molar-refractivity contribution in [3.63, 3.8) is 0 Å². The molecule has 1 rings (SSSR count). The van der Waals surface area contributed by atoms with E-state index in [-0.39, 0.29) is 11.3 Å². The number of rotatable bonds is 6. The van der Waals surface area contributed by atoms with Crippen molar-refractivity contribution in [3.8, 4) is 0 Å².